The molecule has 1 unspecified atom stereocenters. The Morgan fingerprint density at radius 3 is 2.94 bits per heavy atom. The lowest BCUT2D eigenvalue weighted by Crippen LogP contribution is -1.94. The molecule has 1 rings (SSSR count). The van der Waals surface area contributed by atoms with Crippen LogP contribution in [0.1, 0.15) is 19.8 Å². The Kier molecular flexibility index (Phi) is 5.34. The first-order valence-corrected chi connectivity index (χ1v) is 5.63. The maximum Gasteiger partial charge on any atom is 0.146 e. The molecule has 17 heavy (non-hydrogen) atoms. The summed E-state index contributed by atoms with van der Waals surface area (Å²) in [6.45, 7) is 5.57. The van der Waals surface area contributed by atoms with Crippen molar-refractivity contribution in [3.8, 4) is 0 Å². The van der Waals surface area contributed by atoms with Crippen LogP contribution < -0.4 is 0 Å². The second-order valence-electron chi connectivity index (χ2n) is 4.02. The highest BCUT2D eigenvalue weighted by Crippen LogP contribution is 2.21. The fraction of sp³-hybridized carbons (Fsp3) is 0.267. The summed E-state index contributed by atoms with van der Waals surface area (Å²) >= 11 is 0. The third-order valence-electron chi connectivity index (χ3n) is 2.67. The lowest BCUT2D eigenvalue weighted by molar-refractivity contribution is -0.105. The van der Waals surface area contributed by atoms with Crippen LogP contribution in [0.2, 0.25) is 0 Å². The number of carbonyl (C=O) groups is 1. The SMILES string of the molecule is C=C/C=C(\C)C1C=C(F)C/C=C(/C=O)C/C=C\1. The van der Waals surface area contributed by atoms with Gasteiger partial charge >= 0.3 is 0 Å². The van der Waals surface area contributed by atoms with E-state index in [1.54, 1.807) is 18.2 Å². The summed E-state index contributed by atoms with van der Waals surface area (Å²) in [5.74, 6) is -0.273. The molecule has 0 aromatic carbocycles. The van der Waals surface area contributed by atoms with Gasteiger partial charge in [-0.25, -0.2) is 4.39 Å². The van der Waals surface area contributed by atoms with Crippen molar-refractivity contribution in [2.24, 2.45) is 5.92 Å². The minimum absolute atomic E-state index is 0.0626. The molecule has 90 valence electrons. The zero-order valence-electron chi connectivity index (χ0n) is 10.0. The van der Waals surface area contributed by atoms with E-state index < -0.39 is 0 Å². The van der Waals surface area contributed by atoms with E-state index in [4.69, 9.17) is 0 Å². The molecule has 0 aromatic rings. The van der Waals surface area contributed by atoms with Gasteiger partial charge in [-0.15, -0.1) is 0 Å². The highest BCUT2D eigenvalue weighted by Gasteiger charge is 2.07. The second-order valence-corrected chi connectivity index (χ2v) is 4.02. The average Bonchev–Trinajstić information content (AvgIpc) is 2.40. The van der Waals surface area contributed by atoms with Gasteiger partial charge in [-0.3, -0.25) is 4.79 Å². The van der Waals surface area contributed by atoms with Crippen LogP contribution in [0.5, 0.6) is 0 Å². The molecule has 1 aliphatic rings. The monoisotopic (exact) mass is 232 g/mol. The summed E-state index contributed by atoms with van der Waals surface area (Å²) in [6.07, 6.45) is 12.1. The third-order valence-corrected chi connectivity index (χ3v) is 2.67. The summed E-state index contributed by atoms with van der Waals surface area (Å²) in [5.41, 5.74) is 1.65. The van der Waals surface area contributed by atoms with Gasteiger partial charge in [0, 0.05) is 12.3 Å². The van der Waals surface area contributed by atoms with Crippen LogP contribution in [-0.4, -0.2) is 6.29 Å². The fourth-order valence-electron chi connectivity index (χ4n) is 1.66. The van der Waals surface area contributed by atoms with E-state index in [0.29, 0.717) is 12.0 Å². The molecule has 0 spiro atoms. The van der Waals surface area contributed by atoms with Crippen LogP contribution in [-0.2, 0) is 4.79 Å². The van der Waals surface area contributed by atoms with Crippen molar-refractivity contribution in [3.63, 3.8) is 0 Å². The van der Waals surface area contributed by atoms with Crippen LogP contribution >= 0.6 is 0 Å². The van der Waals surface area contributed by atoms with Gasteiger partial charge < -0.3 is 0 Å². The number of aldehydes is 1. The van der Waals surface area contributed by atoms with E-state index in [0.717, 1.165) is 11.9 Å². The maximum atomic E-state index is 13.6. The van der Waals surface area contributed by atoms with E-state index in [1.165, 1.54) is 0 Å². The van der Waals surface area contributed by atoms with Crippen LogP contribution in [0.4, 0.5) is 4.39 Å². The van der Waals surface area contributed by atoms with Gasteiger partial charge in [0.1, 0.15) is 12.1 Å². The van der Waals surface area contributed by atoms with Gasteiger partial charge in [0.25, 0.3) is 0 Å². The number of rotatable bonds is 3. The van der Waals surface area contributed by atoms with Crippen LogP contribution in [0.25, 0.3) is 0 Å². The number of hydrogen-bond acceptors (Lipinski definition) is 1. The van der Waals surface area contributed by atoms with Gasteiger partial charge in [0.05, 0.1) is 0 Å². The Morgan fingerprint density at radius 2 is 2.29 bits per heavy atom. The zero-order chi connectivity index (χ0) is 12.7. The summed E-state index contributed by atoms with van der Waals surface area (Å²) in [6, 6.07) is 0. The van der Waals surface area contributed by atoms with Crippen molar-refractivity contribution in [3.05, 3.63) is 60.0 Å². The Labute approximate surface area is 102 Å². The summed E-state index contributed by atoms with van der Waals surface area (Å²) in [7, 11) is 0. The van der Waals surface area contributed by atoms with Gasteiger partial charge in [-0.2, -0.15) is 0 Å². The molecule has 0 N–H and O–H groups in total. The molecule has 0 heterocycles. The molecule has 0 radical (unpaired) electrons. The quantitative estimate of drug-likeness (QED) is 0.407. The van der Waals surface area contributed by atoms with Crippen molar-refractivity contribution in [2.75, 3.05) is 0 Å². The van der Waals surface area contributed by atoms with Crippen LogP contribution in [0.3, 0.4) is 0 Å². The first kappa shape index (κ1) is 13.4. The summed E-state index contributed by atoms with van der Waals surface area (Å²) in [5, 5.41) is 0. The van der Waals surface area contributed by atoms with Crippen molar-refractivity contribution in [1.29, 1.82) is 0 Å². The smallest absolute Gasteiger partial charge is 0.146 e. The average molecular weight is 232 g/mol. The topological polar surface area (TPSA) is 17.1 Å². The van der Waals surface area contributed by atoms with E-state index in [9.17, 15) is 9.18 Å². The molecule has 0 aromatic heterocycles. The van der Waals surface area contributed by atoms with E-state index >= 15 is 0 Å². The standard InChI is InChI=1S/C15H17FO/c1-3-5-12(2)14-7-4-6-13(11-17)8-9-15(16)10-14/h3-5,7-8,10-11,14H,1,6,9H2,2H3/b7-4-,12-5+,13-8+,15-10?. The maximum absolute atomic E-state index is 13.6. The van der Waals surface area contributed by atoms with Crippen molar-refractivity contribution >= 4 is 6.29 Å². The Balaban J connectivity index is 2.97. The number of hydrogen-bond donors (Lipinski definition) is 0. The molecule has 1 atom stereocenters. The normalized spacial score (nSPS) is 26.7. The van der Waals surface area contributed by atoms with E-state index in [2.05, 4.69) is 6.58 Å². The molecule has 0 bridgehead atoms. The highest BCUT2D eigenvalue weighted by atomic mass is 19.1. The number of halogens is 1. The zero-order valence-corrected chi connectivity index (χ0v) is 10.0. The first-order valence-electron chi connectivity index (χ1n) is 5.63. The molecule has 0 saturated heterocycles. The lowest BCUT2D eigenvalue weighted by Gasteiger charge is -2.08. The van der Waals surface area contributed by atoms with Crippen LogP contribution in [0.15, 0.2) is 60.0 Å². The molecular weight excluding hydrogens is 215 g/mol. The van der Waals surface area contributed by atoms with Crippen molar-refractivity contribution in [1.82, 2.24) is 0 Å². The lowest BCUT2D eigenvalue weighted by atomic mass is 9.98. The summed E-state index contributed by atoms with van der Waals surface area (Å²) in [4.78, 5) is 10.7. The Bertz CT molecular complexity index is 411. The second kappa shape index (κ2) is 6.79. The first-order chi connectivity index (χ1) is 8.17. The van der Waals surface area contributed by atoms with E-state index in [-0.39, 0.29) is 18.2 Å². The Hall–Kier alpha value is -1.70. The molecular formula is C15H17FO. The molecule has 0 saturated carbocycles. The molecule has 0 amide bonds. The molecule has 0 fully saturated rings. The molecule has 1 aliphatic carbocycles. The minimum atomic E-state index is -0.210. The van der Waals surface area contributed by atoms with Crippen molar-refractivity contribution < 1.29 is 9.18 Å². The Morgan fingerprint density at radius 1 is 1.53 bits per heavy atom. The van der Waals surface area contributed by atoms with Gasteiger partial charge in [0.2, 0.25) is 0 Å². The highest BCUT2D eigenvalue weighted by molar-refractivity contribution is 5.73. The minimum Gasteiger partial charge on any atom is -0.298 e. The molecule has 0 aliphatic heterocycles. The van der Waals surface area contributed by atoms with Gasteiger partial charge in [-0.1, -0.05) is 42.5 Å². The van der Waals surface area contributed by atoms with Crippen LogP contribution in [0, 0.1) is 5.92 Å². The third kappa shape index (κ3) is 4.35. The van der Waals surface area contributed by atoms with Crippen molar-refractivity contribution in [2.45, 2.75) is 19.8 Å². The van der Waals surface area contributed by atoms with Gasteiger partial charge in [-0.05, 0) is 25.0 Å². The van der Waals surface area contributed by atoms with Gasteiger partial charge in [0.15, 0.2) is 0 Å². The number of carbonyl (C=O) groups excluding carboxylic acids is 1. The fourth-order valence-corrected chi connectivity index (χ4v) is 1.66. The number of allylic oxidation sites excluding steroid dienone is 9. The largest absolute Gasteiger partial charge is 0.298 e. The molecule has 2 heteroatoms. The van der Waals surface area contributed by atoms with E-state index in [1.807, 2.05) is 25.2 Å². The predicted octanol–water partition coefficient (Wildman–Crippen LogP) is 4.06. The summed E-state index contributed by atoms with van der Waals surface area (Å²) < 4.78 is 13.6. The molecule has 1 nitrogen and oxygen atoms in total. The predicted molar refractivity (Wildman–Crippen MR) is 69.2 cm³/mol.